The molecule has 0 saturated carbocycles. The van der Waals surface area contributed by atoms with Crippen LogP contribution >= 0.6 is 0 Å². The summed E-state index contributed by atoms with van der Waals surface area (Å²) in [6.45, 7) is 0.415. The number of Topliss-reactive ketones (excluding diaryl/α,β-unsaturated/α-hetero) is 1. The number of carbonyl (C=O) groups excluding carboxylic acids is 2. The van der Waals surface area contributed by atoms with Crippen molar-refractivity contribution in [2.45, 2.75) is 12.6 Å². The first-order valence-electron chi connectivity index (χ1n) is 11.8. The normalized spacial score (nSPS) is 16.6. The van der Waals surface area contributed by atoms with Crippen molar-refractivity contribution < 1.29 is 24.2 Å². The van der Waals surface area contributed by atoms with E-state index >= 15 is 0 Å². The monoisotopic (exact) mass is 491 g/mol. The fourth-order valence-electron chi connectivity index (χ4n) is 4.42. The van der Waals surface area contributed by atoms with E-state index in [0.29, 0.717) is 34.9 Å². The highest BCUT2D eigenvalue weighted by atomic mass is 16.5. The topological polar surface area (TPSA) is 76.1 Å². The molecule has 37 heavy (non-hydrogen) atoms. The Labute approximate surface area is 215 Å². The van der Waals surface area contributed by atoms with Crippen LogP contribution in [0.5, 0.6) is 11.5 Å². The fourth-order valence-corrected chi connectivity index (χ4v) is 4.42. The zero-order valence-corrected chi connectivity index (χ0v) is 20.2. The Morgan fingerprint density at radius 2 is 1.49 bits per heavy atom. The molecule has 1 fully saturated rings. The zero-order chi connectivity index (χ0) is 25.8. The predicted octanol–water partition coefficient (Wildman–Crippen LogP) is 5.90. The van der Waals surface area contributed by atoms with E-state index in [1.165, 1.54) is 12.0 Å². The Kier molecular flexibility index (Phi) is 6.72. The molecule has 4 aromatic carbocycles. The van der Waals surface area contributed by atoms with Crippen molar-refractivity contribution in [1.29, 1.82) is 0 Å². The lowest BCUT2D eigenvalue weighted by molar-refractivity contribution is -0.132. The van der Waals surface area contributed by atoms with Crippen LogP contribution in [0.3, 0.4) is 0 Å². The van der Waals surface area contributed by atoms with Crippen LogP contribution in [-0.2, 0) is 16.2 Å². The molecule has 4 aromatic rings. The van der Waals surface area contributed by atoms with E-state index in [4.69, 9.17) is 9.47 Å². The molecule has 1 saturated heterocycles. The molecular formula is C31H25NO5. The Morgan fingerprint density at radius 1 is 0.811 bits per heavy atom. The van der Waals surface area contributed by atoms with Gasteiger partial charge in [-0.15, -0.1) is 0 Å². The SMILES string of the molecule is COc1cccc(/C(O)=C2/C(=O)C(=O)N(c3ccccc3)C2c2ccc(OCc3ccccc3)cc2)c1. The molecule has 6 nitrogen and oxygen atoms in total. The number of hydrogen-bond donors (Lipinski definition) is 1. The van der Waals surface area contributed by atoms with Gasteiger partial charge in [-0.3, -0.25) is 14.5 Å². The van der Waals surface area contributed by atoms with Gasteiger partial charge in [0.25, 0.3) is 11.7 Å². The lowest BCUT2D eigenvalue weighted by atomic mass is 9.95. The Morgan fingerprint density at radius 3 is 2.16 bits per heavy atom. The quantitative estimate of drug-likeness (QED) is 0.198. The second kappa shape index (κ2) is 10.4. The molecule has 1 amide bonds. The van der Waals surface area contributed by atoms with Crippen LogP contribution < -0.4 is 14.4 Å². The van der Waals surface area contributed by atoms with Crippen molar-refractivity contribution in [2.24, 2.45) is 0 Å². The third kappa shape index (κ3) is 4.82. The van der Waals surface area contributed by atoms with E-state index in [0.717, 1.165) is 5.56 Å². The Bertz CT molecular complexity index is 1450. The molecule has 184 valence electrons. The van der Waals surface area contributed by atoms with Crippen molar-refractivity contribution in [3.63, 3.8) is 0 Å². The second-order valence-electron chi connectivity index (χ2n) is 8.58. The number of carbonyl (C=O) groups is 2. The van der Waals surface area contributed by atoms with Crippen LogP contribution in [0.25, 0.3) is 5.76 Å². The molecule has 1 heterocycles. The maximum atomic E-state index is 13.3. The highest BCUT2D eigenvalue weighted by Crippen LogP contribution is 2.42. The minimum Gasteiger partial charge on any atom is -0.507 e. The van der Waals surface area contributed by atoms with Gasteiger partial charge in [-0.1, -0.05) is 72.8 Å². The average Bonchev–Trinajstić information content (AvgIpc) is 3.22. The van der Waals surface area contributed by atoms with Crippen LogP contribution in [0, 0.1) is 0 Å². The minimum absolute atomic E-state index is 0.0139. The number of hydrogen-bond acceptors (Lipinski definition) is 5. The smallest absolute Gasteiger partial charge is 0.300 e. The summed E-state index contributed by atoms with van der Waals surface area (Å²) >= 11 is 0. The summed E-state index contributed by atoms with van der Waals surface area (Å²) in [6.07, 6.45) is 0. The van der Waals surface area contributed by atoms with E-state index < -0.39 is 17.7 Å². The summed E-state index contributed by atoms with van der Waals surface area (Å²) < 4.78 is 11.2. The van der Waals surface area contributed by atoms with Crippen LogP contribution in [0.4, 0.5) is 5.69 Å². The number of methoxy groups -OCH3 is 1. The molecule has 0 spiro atoms. The van der Waals surface area contributed by atoms with Gasteiger partial charge in [0.2, 0.25) is 0 Å². The molecule has 0 aromatic heterocycles. The lowest BCUT2D eigenvalue weighted by Gasteiger charge is -2.25. The summed E-state index contributed by atoms with van der Waals surface area (Å²) in [7, 11) is 1.52. The van der Waals surface area contributed by atoms with Crippen LogP contribution in [0.15, 0.2) is 115 Å². The van der Waals surface area contributed by atoms with Gasteiger partial charge in [-0.25, -0.2) is 0 Å². The number of amides is 1. The van der Waals surface area contributed by atoms with Crippen molar-refractivity contribution in [3.8, 4) is 11.5 Å². The van der Waals surface area contributed by atoms with E-state index in [1.807, 2.05) is 48.5 Å². The zero-order valence-electron chi connectivity index (χ0n) is 20.2. The number of ether oxygens (including phenoxy) is 2. The molecule has 1 aliphatic heterocycles. The molecular weight excluding hydrogens is 466 g/mol. The molecule has 5 rings (SSSR count). The minimum atomic E-state index is -0.822. The maximum Gasteiger partial charge on any atom is 0.300 e. The molecule has 1 atom stereocenters. The van der Waals surface area contributed by atoms with Gasteiger partial charge in [0.15, 0.2) is 0 Å². The van der Waals surface area contributed by atoms with Crippen molar-refractivity contribution in [2.75, 3.05) is 12.0 Å². The van der Waals surface area contributed by atoms with Gasteiger partial charge in [0.05, 0.1) is 18.7 Å². The Balaban J connectivity index is 1.55. The summed E-state index contributed by atoms with van der Waals surface area (Å²) in [6, 6.07) is 32.0. The molecule has 1 unspecified atom stereocenters. The molecule has 6 heteroatoms. The fraction of sp³-hybridized carbons (Fsp3) is 0.0968. The molecule has 0 bridgehead atoms. The molecule has 0 radical (unpaired) electrons. The van der Waals surface area contributed by atoms with E-state index in [9.17, 15) is 14.7 Å². The average molecular weight is 492 g/mol. The van der Waals surface area contributed by atoms with Crippen molar-refractivity contribution >= 4 is 23.1 Å². The third-order valence-electron chi connectivity index (χ3n) is 6.27. The van der Waals surface area contributed by atoms with Crippen LogP contribution in [-0.4, -0.2) is 23.9 Å². The third-order valence-corrected chi connectivity index (χ3v) is 6.27. The summed E-state index contributed by atoms with van der Waals surface area (Å²) in [5.74, 6) is -0.538. The van der Waals surface area contributed by atoms with Crippen molar-refractivity contribution in [3.05, 3.63) is 131 Å². The number of aliphatic hydroxyl groups is 1. The first-order valence-corrected chi connectivity index (χ1v) is 11.8. The number of anilines is 1. The predicted molar refractivity (Wildman–Crippen MR) is 141 cm³/mol. The first-order chi connectivity index (χ1) is 18.1. The van der Waals surface area contributed by atoms with E-state index in [2.05, 4.69) is 0 Å². The molecule has 1 aliphatic rings. The van der Waals surface area contributed by atoms with Gasteiger partial charge >= 0.3 is 0 Å². The highest BCUT2D eigenvalue weighted by molar-refractivity contribution is 6.51. The van der Waals surface area contributed by atoms with Gasteiger partial charge in [0.1, 0.15) is 23.9 Å². The van der Waals surface area contributed by atoms with E-state index in [-0.39, 0.29) is 11.3 Å². The summed E-state index contributed by atoms with van der Waals surface area (Å²) in [4.78, 5) is 28.0. The van der Waals surface area contributed by atoms with Crippen molar-refractivity contribution in [1.82, 2.24) is 0 Å². The number of aliphatic hydroxyl groups excluding tert-OH is 1. The first kappa shape index (κ1) is 23.9. The van der Waals surface area contributed by atoms with Gasteiger partial charge in [0, 0.05) is 11.3 Å². The number of para-hydroxylation sites is 1. The van der Waals surface area contributed by atoms with Gasteiger partial charge in [-0.05, 0) is 47.5 Å². The summed E-state index contributed by atoms with van der Waals surface area (Å²) in [5, 5.41) is 11.3. The number of benzene rings is 4. The van der Waals surface area contributed by atoms with Gasteiger partial charge in [-0.2, -0.15) is 0 Å². The number of nitrogens with zero attached hydrogens (tertiary/aromatic N) is 1. The van der Waals surface area contributed by atoms with Gasteiger partial charge < -0.3 is 14.6 Å². The number of ketones is 1. The Hall–Kier alpha value is -4.84. The maximum absolute atomic E-state index is 13.3. The number of rotatable bonds is 7. The highest BCUT2D eigenvalue weighted by Gasteiger charge is 2.46. The van der Waals surface area contributed by atoms with Crippen LogP contribution in [0.1, 0.15) is 22.7 Å². The van der Waals surface area contributed by atoms with E-state index in [1.54, 1.807) is 60.7 Å². The lowest BCUT2D eigenvalue weighted by Crippen LogP contribution is -2.29. The second-order valence-corrected chi connectivity index (χ2v) is 8.58. The molecule has 0 aliphatic carbocycles. The molecule has 1 N–H and O–H groups in total. The summed E-state index contributed by atoms with van der Waals surface area (Å²) in [5.41, 5.74) is 2.67. The standard InChI is InChI=1S/C31H25NO5/c1-36-26-14-8-11-23(19-26)29(33)27-28(32(31(35)30(27)34)24-12-6-3-7-13-24)22-15-17-25(18-16-22)37-20-21-9-4-2-5-10-21/h2-19,28,33H,20H2,1H3/b29-27-. The largest absolute Gasteiger partial charge is 0.507 e. The van der Waals surface area contributed by atoms with Crippen LogP contribution in [0.2, 0.25) is 0 Å².